The van der Waals surface area contributed by atoms with Gasteiger partial charge in [0.05, 0.1) is 19.6 Å². The Hall–Kier alpha value is -2.11. The Balaban J connectivity index is 1.51. The third-order valence-corrected chi connectivity index (χ3v) is 4.31. The molecule has 0 bridgehead atoms. The molecule has 2 heterocycles. The first-order valence-corrected chi connectivity index (χ1v) is 8.38. The summed E-state index contributed by atoms with van der Waals surface area (Å²) in [6.45, 7) is 3.66. The van der Waals surface area contributed by atoms with Crippen LogP contribution < -0.4 is 10.2 Å². The fourth-order valence-corrected chi connectivity index (χ4v) is 2.78. The van der Waals surface area contributed by atoms with Gasteiger partial charge in [-0.2, -0.15) is 0 Å². The Morgan fingerprint density at radius 1 is 1.21 bits per heavy atom. The number of nitrogens with zero attached hydrogens (tertiary/aromatic N) is 2. The van der Waals surface area contributed by atoms with Crippen molar-refractivity contribution >= 4 is 23.3 Å². The summed E-state index contributed by atoms with van der Waals surface area (Å²) >= 11 is 6.07. The van der Waals surface area contributed by atoms with E-state index in [1.165, 1.54) is 0 Å². The molecule has 0 aliphatic carbocycles. The maximum atomic E-state index is 12.0. The van der Waals surface area contributed by atoms with Gasteiger partial charge in [-0.1, -0.05) is 35.9 Å². The maximum absolute atomic E-state index is 12.0. The number of carbonyl (C=O) groups excluding carboxylic acids is 1. The predicted molar refractivity (Wildman–Crippen MR) is 94.3 cm³/mol. The number of rotatable bonds is 5. The lowest BCUT2D eigenvalue weighted by atomic mass is 10.1. The molecule has 0 unspecified atom stereocenters. The second kappa shape index (κ2) is 8.13. The van der Waals surface area contributed by atoms with E-state index in [-0.39, 0.29) is 12.3 Å². The van der Waals surface area contributed by atoms with Crippen molar-refractivity contribution in [3.63, 3.8) is 0 Å². The van der Waals surface area contributed by atoms with Gasteiger partial charge in [0.25, 0.3) is 0 Å². The number of halogens is 1. The van der Waals surface area contributed by atoms with Crippen molar-refractivity contribution in [3.05, 3.63) is 58.7 Å². The van der Waals surface area contributed by atoms with E-state index in [1.54, 1.807) is 12.3 Å². The fourth-order valence-electron chi connectivity index (χ4n) is 2.58. The van der Waals surface area contributed by atoms with E-state index < -0.39 is 0 Å². The molecule has 6 heteroatoms. The van der Waals surface area contributed by atoms with Crippen LogP contribution in [-0.4, -0.2) is 37.2 Å². The SMILES string of the molecule is O=C(Cc1ccccc1Cl)NCc1ccc(N2CCOCC2)nc1. The van der Waals surface area contributed by atoms with Gasteiger partial charge in [0.15, 0.2) is 0 Å². The molecule has 5 nitrogen and oxygen atoms in total. The molecule has 1 aliphatic rings. The minimum Gasteiger partial charge on any atom is -0.378 e. The lowest BCUT2D eigenvalue weighted by Gasteiger charge is -2.27. The van der Waals surface area contributed by atoms with E-state index in [0.717, 1.165) is 43.2 Å². The normalized spacial score (nSPS) is 14.5. The van der Waals surface area contributed by atoms with Gasteiger partial charge in [-0.25, -0.2) is 4.98 Å². The Bertz CT molecular complexity index is 685. The molecule has 1 aromatic heterocycles. The van der Waals surface area contributed by atoms with Crippen molar-refractivity contribution < 1.29 is 9.53 Å². The zero-order valence-electron chi connectivity index (χ0n) is 13.4. The quantitative estimate of drug-likeness (QED) is 0.904. The molecule has 24 heavy (non-hydrogen) atoms. The van der Waals surface area contributed by atoms with Crippen LogP contribution in [0.5, 0.6) is 0 Å². The summed E-state index contributed by atoms with van der Waals surface area (Å²) in [5.74, 6) is 0.893. The zero-order chi connectivity index (χ0) is 16.8. The third kappa shape index (κ3) is 4.46. The van der Waals surface area contributed by atoms with Crippen molar-refractivity contribution in [1.29, 1.82) is 0 Å². The smallest absolute Gasteiger partial charge is 0.224 e. The lowest BCUT2D eigenvalue weighted by molar-refractivity contribution is -0.120. The summed E-state index contributed by atoms with van der Waals surface area (Å²) in [6.07, 6.45) is 2.08. The van der Waals surface area contributed by atoms with E-state index >= 15 is 0 Å². The van der Waals surface area contributed by atoms with Crippen LogP contribution in [0.15, 0.2) is 42.6 Å². The number of ether oxygens (including phenoxy) is 1. The molecular formula is C18H20ClN3O2. The van der Waals surface area contributed by atoms with Gasteiger partial charge in [0.1, 0.15) is 5.82 Å². The molecule has 0 atom stereocenters. The number of morpholine rings is 1. The highest BCUT2D eigenvalue weighted by atomic mass is 35.5. The van der Waals surface area contributed by atoms with Crippen LogP contribution in [0.3, 0.4) is 0 Å². The first kappa shape index (κ1) is 16.7. The second-order valence-corrected chi connectivity index (χ2v) is 6.08. The van der Waals surface area contributed by atoms with E-state index in [9.17, 15) is 4.79 Å². The van der Waals surface area contributed by atoms with Gasteiger partial charge in [-0.05, 0) is 23.3 Å². The van der Waals surface area contributed by atoms with Crippen molar-refractivity contribution in [1.82, 2.24) is 10.3 Å². The van der Waals surface area contributed by atoms with Gasteiger partial charge in [-0.15, -0.1) is 0 Å². The second-order valence-electron chi connectivity index (χ2n) is 5.67. The van der Waals surface area contributed by atoms with Gasteiger partial charge in [0, 0.05) is 30.9 Å². The largest absolute Gasteiger partial charge is 0.378 e. The molecule has 1 aliphatic heterocycles. The van der Waals surface area contributed by atoms with E-state index in [2.05, 4.69) is 15.2 Å². The number of amides is 1. The number of nitrogens with one attached hydrogen (secondary N) is 1. The highest BCUT2D eigenvalue weighted by Gasteiger charge is 2.12. The lowest BCUT2D eigenvalue weighted by Crippen LogP contribution is -2.36. The Kier molecular flexibility index (Phi) is 5.67. The molecule has 1 N–H and O–H groups in total. The molecule has 0 radical (unpaired) electrons. The van der Waals surface area contributed by atoms with E-state index in [0.29, 0.717) is 11.6 Å². The first-order chi connectivity index (χ1) is 11.7. The molecule has 126 valence electrons. The monoisotopic (exact) mass is 345 g/mol. The summed E-state index contributed by atoms with van der Waals surface area (Å²) in [7, 11) is 0. The third-order valence-electron chi connectivity index (χ3n) is 3.94. The molecule has 1 aromatic carbocycles. The van der Waals surface area contributed by atoms with Crippen LogP contribution in [-0.2, 0) is 22.5 Å². The highest BCUT2D eigenvalue weighted by Crippen LogP contribution is 2.16. The molecular weight excluding hydrogens is 326 g/mol. The van der Waals surface area contributed by atoms with Crippen molar-refractivity contribution in [2.45, 2.75) is 13.0 Å². The average molecular weight is 346 g/mol. The van der Waals surface area contributed by atoms with E-state index in [1.807, 2.05) is 30.3 Å². The highest BCUT2D eigenvalue weighted by molar-refractivity contribution is 6.31. The average Bonchev–Trinajstić information content (AvgIpc) is 2.63. The van der Waals surface area contributed by atoms with Crippen molar-refractivity contribution in [2.75, 3.05) is 31.2 Å². The number of carbonyl (C=O) groups is 1. The molecule has 1 saturated heterocycles. The Labute approximate surface area is 146 Å². The van der Waals surface area contributed by atoms with Crippen molar-refractivity contribution in [3.8, 4) is 0 Å². The number of hydrogen-bond donors (Lipinski definition) is 1. The molecule has 2 aromatic rings. The molecule has 0 spiro atoms. The number of anilines is 1. The van der Waals surface area contributed by atoms with Crippen LogP contribution in [0.1, 0.15) is 11.1 Å². The van der Waals surface area contributed by atoms with Gasteiger partial charge >= 0.3 is 0 Å². The van der Waals surface area contributed by atoms with Crippen LogP contribution in [0.25, 0.3) is 0 Å². The number of pyridine rings is 1. The molecule has 3 rings (SSSR count). The van der Waals surface area contributed by atoms with Crippen LogP contribution >= 0.6 is 11.6 Å². The van der Waals surface area contributed by atoms with Gasteiger partial charge in [-0.3, -0.25) is 4.79 Å². The molecule has 0 saturated carbocycles. The molecule has 1 fully saturated rings. The maximum Gasteiger partial charge on any atom is 0.224 e. The van der Waals surface area contributed by atoms with E-state index in [4.69, 9.17) is 16.3 Å². The fraction of sp³-hybridized carbons (Fsp3) is 0.333. The topological polar surface area (TPSA) is 54.5 Å². The van der Waals surface area contributed by atoms with Gasteiger partial charge < -0.3 is 15.0 Å². The Morgan fingerprint density at radius 3 is 2.71 bits per heavy atom. The summed E-state index contributed by atoms with van der Waals surface area (Å²) in [5, 5.41) is 3.52. The van der Waals surface area contributed by atoms with Crippen molar-refractivity contribution in [2.24, 2.45) is 0 Å². The minimum absolute atomic E-state index is 0.0552. The van der Waals surface area contributed by atoms with Crippen LogP contribution in [0.4, 0.5) is 5.82 Å². The number of hydrogen-bond acceptors (Lipinski definition) is 4. The number of benzene rings is 1. The van der Waals surface area contributed by atoms with Crippen LogP contribution in [0.2, 0.25) is 5.02 Å². The molecule has 1 amide bonds. The standard InChI is InChI=1S/C18H20ClN3O2/c19-16-4-2-1-3-15(16)11-18(23)21-13-14-5-6-17(20-12-14)22-7-9-24-10-8-22/h1-6,12H,7-11,13H2,(H,21,23). The summed E-state index contributed by atoms with van der Waals surface area (Å²) in [4.78, 5) is 18.7. The number of aromatic nitrogens is 1. The zero-order valence-corrected chi connectivity index (χ0v) is 14.1. The summed E-state index contributed by atoms with van der Waals surface area (Å²) in [6, 6.07) is 11.4. The summed E-state index contributed by atoms with van der Waals surface area (Å²) < 4.78 is 5.34. The minimum atomic E-state index is -0.0552. The van der Waals surface area contributed by atoms with Crippen LogP contribution in [0, 0.1) is 0 Å². The van der Waals surface area contributed by atoms with Gasteiger partial charge in [0.2, 0.25) is 5.91 Å². The predicted octanol–water partition coefficient (Wildman–Crippen LogP) is 2.43. The Morgan fingerprint density at radius 2 is 2.00 bits per heavy atom. The first-order valence-electron chi connectivity index (χ1n) is 8.00. The summed E-state index contributed by atoms with van der Waals surface area (Å²) in [5.41, 5.74) is 1.80.